The molecule has 2 heterocycles. The second-order valence-electron chi connectivity index (χ2n) is 4.47. The number of rotatable bonds is 6. The third-order valence-corrected chi connectivity index (χ3v) is 3.87. The van der Waals surface area contributed by atoms with E-state index in [-0.39, 0.29) is 24.5 Å². The van der Waals surface area contributed by atoms with Crippen LogP contribution in [0.1, 0.15) is 27.4 Å². The molecule has 110 valence electrons. The standard InChI is InChI=1S/C15H16N2O3S/c1-10-3-6-13(21-10)12(18)5-7-14(19)17-11-4-8-15(20-2)16-9-11/h3-4,6,8-9H,5,7H2,1-2H3,(H,17,19). The van der Waals surface area contributed by atoms with Crippen molar-refractivity contribution in [2.75, 3.05) is 12.4 Å². The van der Waals surface area contributed by atoms with Crippen LogP contribution in [0.5, 0.6) is 5.88 Å². The highest BCUT2D eigenvalue weighted by Gasteiger charge is 2.11. The number of thiophene rings is 1. The number of nitrogens with zero attached hydrogens (tertiary/aromatic N) is 1. The van der Waals surface area contributed by atoms with Crippen molar-refractivity contribution in [3.05, 3.63) is 40.2 Å². The van der Waals surface area contributed by atoms with Gasteiger partial charge in [-0.1, -0.05) is 0 Å². The Morgan fingerprint density at radius 1 is 1.24 bits per heavy atom. The molecule has 0 atom stereocenters. The Morgan fingerprint density at radius 3 is 2.62 bits per heavy atom. The Balaban J connectivity index is 1.82. The molecule has 2 rings (SSSR count). The molecule has 0 spiro atoms. The van der Waals surface area contributed by atoms with Gasteiger partial charge >= 0.3 is 0 Å². The van der Waals surface area contributed by atoms with Gasteiger partial charge in [0.15, 0.2) is 5.78 Å². The SMILES string of the molecule is COc1ccc(NC(=O)CCC(=O)c2ccc(C)s2)cn1. The zero-order valence-corrected chi connectivity index (χ0v) is 12.7. The third kappa shape index (κ3) is 4.39. The van der Waals surface area contributed by atoms with Crippen LogP contribution in [0, 0.1) is 6.92 Å². The summed E-state index contributed by atoms with van der Waals surface area (Å²) in [6.07, 6.45) is 1.87. The van der Waals surface area contributed by atoms with Crippen LogP contribution in [0.25, 0.3) is 0 Å². The maximum absolute atomic E-state index is 11.9. The average Bonchev–Trinajstić information content (AvgIpc) is 2.92. The predicted molar refractivity (Wildman–Crippen MR) is 82.0 cm³/mol. The van der Waals surface area contributed by atoms with Crippen LogP contribution < -0.4 is 10.1 Å². The first-order chi connectivity index (χ1) is 10.1. The first-order valence-electron chi connectivity index (χ1n) is 6.48. The summed E-state index contributed by atoms with van der Waals surface area (Å²) in [6, 6.07) is 7.07. The minimum atomic E-state index is -0.205. The molecule has 0 saturated heterocycles. The van der Waals surface area contributed by atoms with Gasteiger partial charge in [0.1, 0.15) is 0 Å². The number of hydrogen-bond donors (Lipinski definition) is 1. The minimum absolute atomic E-state index is 0.00361. The summed E-state index contributed by atoms with van der Waals surface area (Å²) in [5.74, 6) is 0.274. The summed E-state index contributed by atoms with van der Waals surface area (Å²) in [4.78, 5) is 29.5. The number of hydrogen-bond acceptors (Lipinski definition) is 5. The number of carbonyl (C=O) groups is 2. The van der Waals surface area contributed by atoms with E-state index in [1.54, 1.807) is 18.2 Å². The number of pyridine rings is 1. The molecule has 0 bridgehead atoms. The number of anilines is 1. The summed E-state index contributed by atoms with van der Waals surface area (Å²) in [5, 5.41) is 2.70. The Bertz CT molecular complexity index is 635. The number of aromatic nitrogens is 1. The Kier molecular flexibility index (Phi) is 5.05. The first kappa shape index (κ1) is 15.2. The van der Waals surface area contributed by atoms with Gasteiger partial charge in [0.2, 0.25) is 11.8 Å². The molecule has 0 unspecified atom stereocenters. The fraction of sp³-hybridized carbons (Fsp3) is 0.267. The molecule has 0 aliphatic heterocycles. The molecule has 5 nitrogen and oxygen atoms in total. The van der Waals surface area contributed by atoms with E-state index in [0.29, 0.717) is 16.4 Å². The van der Waals surface area contributed by atoms with E-state index >= 15 is 0 Å². The van der Waals surface area contributed by atoms with Crippen molar-refractivity contribution >= 4 is 28.7 Å². The minimum Gasteiger partial charge on any atom is -0.481 e. The van der Waals surface area contributed by atoms with Crippen molar-refractivity contribution in [3.63, 3.8) is 0 Å². The van der Waals surface area contributed by atoms with Crippen molar-refractivity contribution in [2.24, 2.45) is 0 Å². The van der Waals surface area contributed by atoms with E-state index in [2.05, 4.69) is 10.3 Å². The number of amides is 1. The van der Waals surface area contributed by atoms with Crippen molar-refractivity contribution < 1.29 is 14.3 Å². The van der Waals surface area contributed by atoms with Crippen LogP contribution in [0.2, 0.25) is 0 Å². The monoisotopic (exact) mass is 304 g/mol. The number of Topliss-reactive ketones (excluding diaryl/α,β-unsaturated/α-hetero) is 1. The Hall–Kier alpha value is -2.21. The summed E-state index contributed by atoms with van der Waals surface area (Å²) in [5.41, 5.74) is 0.584. The largest absolute Gasteiger partial charge is 0.481 e. The highest BCUT2D eigenvalue weighted by molar-refractivity contribution is 7.14. The van der Waals surface area contributed by atoms with Gasteiger partial charge in [-0.3, -0.25) is 9.59 Å². The second kappa shape index (κ2) is 6.99. The molecular weight excluding hydrogens is 288 g/mol. The van der Waals surface area contributed by atoms with Gasteiger partial charge in [-0.2, -0.15) is 0 Å². The van der Waals surface area contributed by atoms with Crippen LogP contribution in [0.3, 0.4) is 0 Å². The van der Waals surface area contributed by atoms with Crippen molar-refractivity contribution in [2.45, 2.75) is 19.8 Å². The average molecular weight is 304 g/mol. The zero-order valence-electron chi connectivity index (χ0n) is 11.9. The van der Waals surface area contributed by atoms with Crippen molar-refractivity contribution in [1.82, 2.24) is 4.98 Å². The van der Waals surface area contributed by atoms with Gasteiger partial charge in [0.05, 0.1) is 23.9 Å². The van der Waals surface area contributed by atoms with E-state index < -0.39 is 0 Å². The molecule has 0 aliphatic rings. The lowest BCUT2D eigenvalue weighted by molar-refractivity contribution is -0.116. The number of aryl methyl sites for hydroxylation is 1. The summed E-state index contributed by atoms with van der Waals surface area (Å²) < 4.78 is 4.94. The number of ketones is 1. The van der Waals surface area contributed by atoms with Gasteiger partial charge in [-0.15, -0.1) is 11.3 Å². The highest BCUT2D eigenvalue weighted by Crippen LogP contribution is 2.18. The highest BCUT2D eigenvalue weighted by atomic mass is 32.1. The summed E-state index contributed by atoms with van der Waals surface area (Å²) in [7, 11) is 1.53. The molecule has 21 heavy (non-hydrogen) atoms. The molecule has 0 radical (unpaired) electrons. The molecule has 1 N–H and O–H groups in total. The maximum Gasteiger partial charge on any atom is 0.224 e. The molecule has 2 aromatic rings. The van der Waals surface area contributed by atoms with Gasteiger partial charge < -0.3 is 10.1 Å². The topological polar surface area (TPSA) is 68.3 Å². The second-order valence-corrected chi connectivity index (χ2v) is 5.76. The summed E-state index contributed by atoms with van der Waals surface area (Å²) >= 11 is 1.45. The van der Waals surface area contributed by atoms with Gasteiger partial charge in [0.25, 0.3) is 0 Å². The van der Waals surface area contributed by atoms with Gasteiger partial charge in [-0.05, 0) is 25.1 Å². The number of methoxy groups -OCH3 is 1. The molecule has 6 heteroatoms. The maximum atomic E-state index is 11.9. The number of carbonyl (C=O) groups excluding carboxylic acids is 2. The molecule has 0 aromatic carbocycles. The molecule has 0 aliphatic carbocycles. The Morgan fingerprint density at radius 2 is 2.05 bits per heavy atom. The van der Waals surface area contributed by atoms with E-state index in [1.807, 2.05) is 13.0 Å². The predicted octanol–water partition coefficient (Wildman–Crippen LogP) is 3.06. The number of nitrogens with one attached hydrogen (secondary N) is 1. The van der Waals surface area contributed by atoms with Crippen LogP contribution in [0.4, 0.5) is 5.69 Å². The lowest BCUT2D eigenvalue weighted by Crippen LogP contribution is -2.13. The smallest absolute Gasteiger partial charge is 0.224 e. The normalized spacial score (nSPS) is 10.2. The Labute approximate surface area is 127 Å². The lowest BCUT2D eigenvalue weighted by atomic mass is 10.2. The van der Waals surface area contributed by atoms with E-state index in [0.717, 1.165) is 4.88 Å². The quantitative estimate of drug-likeness (QED) is 0.833. The third-order valence-electron chi connectivity index (χ3n) is 2.82. The molecule has 0 saturated carbocycles. The van der Waals surface area contributed by atoms with Crippen LogP contribution in [-0.2, 0) is 4.79 Å². The summed E-state index contributed by atoms with van der Waals surface area (Å²) in [6.45, 7) is 1.95. The molecule has 2 aromatic heterocycles. The lowest BCUT2D eigenvalue weighted by Gasteiger charge is -2.05. The fourth-order valence-corrected chi connectivity index (χ4v) is 2.57. The van der Waals surface area contributed by atoms with Crippen LogP contribution in [0.15, 0.2) is 30.5 Å². The molecule has 0 fully saturated rings. The van der Waals surface area contributed by atoms with E-state index in [1.165, 1.54) is 24.6 Å². The first-order valence-corrected chi connectivity index (χ1v) is 7.29. The van der Waals surface area contributed by atoms with Gasteiger partial charge in [-0.25, -0.2) is 4.98 Å². The van der Waals surface area contributed by atoms with E-state index in [9.17, 15) is 9.59 Å². The van der Waals surface area contributed by atoms with Crippen molar-refractivity contribution in [3.8, 4) is 5.88 Å². The van der Waals surface area contributed by atoms with Crippen LogP contribution in [-0.4, -0.2) is 23.8 Å². The fourth-order valence-electron chi connectivity index (χ4n) is 1.73. The molecular formula is C15H16N2O3S. The zero-order chi connectivity index (χ0) is 15.2. The van der Waals surface area contributed by atoms with Crippen molar-refractivity contribution in [1.29, 1.82) is 0 Å². The van der Waals surface area contributed by atoms with E-state index in [4.69, 9.17) is 4.74 Å². The number of ether oxygens (including phenoxy) is 1. The van der Waals surface area contributed by atoms with Gasteiger partial charge in [0, 0.05) is 23.8 Å². The van der Waals surface area contributed by atoms with Crippen LogP contribution >= 0.6 is 11.3 Å². The molecule has 1 amide bonds.